The molecule has 0 atom stereocenters. The number of unbranched alkanes of at least 4 members (excludes halogenated alkanes) is 2. The molecule has 0 fully saturated rings. The zero-order valence-corrected chi connectivity index (χ0v) is 10.9. The molecule has 0 saturated heterocycles. The molecule has 0 spiro atoms. The van der Waals surface area contributed by atoms with Gasteiger partial charge >= 0.3 is 0 Å². The third-order valence-corrected chi connectivity index (χ3v) is 3.19. The summed E-state index contributed by atoms with van der Waals surface area (Å²) in [6, 6.07) is 5.62. The summed E-state index contributed by atoms with van der Waals surface area (Å²) in [5.74, 6) is 0.821. The summed E-state index contributed by atoms with van der Waals surface area (Å²) in [5, 5.41) is 0.679. The maximum absolute atomic E-state index is 5.94. The van der Waals surface area contributed by atoms with E-state index >= 15 is 0 Å². The van der Waals surface area contributed by atoms with E-state index in [1.807, 2.05) is 24.3 Å². The van der Waals surface area contributed by atoms with Crippen molar-refractivity contribution in [1.29, 1.82) is 0 Å². The third kappa shape index (κ3) is 4.72. The van der Waals surface area contributed by atoms with Crippen LogP contribution < -0.4 is 4.74 Å². The maximum atomic E-state index is 5.94. The van der Waals surface area contributed by atoms with Crippen LogP contribution in [-0.4, -0.2) is 6.61 Å². The first-order valence-electron chi connectivity index (χ1n) is 4.93. The summed E-state index contributed by atoms with van der Waals surface area (Å²) in [6.45, 7) is 4.40. The molecule has 0 heterocycles. The number of hydrogen-bond donors (Lipinski definition) is 0. The molecule has 0 amide bonds. The highest BCUT2D eigenvalue weighted by molar-refractivity contribution is 9.10. The van der Waals surface area contributed by atoms with Crippen LogP contribution in [0.3, 0.4) is 0 Å². The fraction of sp³-hybridized carbons (Fsp3) is 0.333. The number of ether oxygens (including phenoxy) is 1. The van der Waals surface area contributed by atoms with Crippen molar-refractivity contribution in [3.63, 3.8) is 0 Å². The summed E-state index contributed by atoms with van der Waals surface area (Å²) in [7, 11) is 0. The average Bonchev–Trinajstić information content (AvgIpc) is 2.23. The normalized spacial score (nSPS) is 10.0. The van der Waals surface area contributed by atoms with Crippen LogP contribution in [-0.2, 0) is 0 Å². The van der Waals surface area contributed by atoms with Crippen LogP contribution in [0.15, 0.2) is 35.3 Å². The van der Waals surface area contributed by atoms with Crippen molar-refractivity contribution in [2.45, 2.75) is 19.3 Å². The largest absolute Gasteiger partial charge is 0.494 e. The minimum atomic E-state index is 0.679. The minimum absolute atomic E-state index is 0.679. The smallest absolute Gasteiger partial charge is 0.120 e. The number of rotatable bonds is 6. The molecule has 1 aromatic carbocycles. The Morgan fingerprint density at radius 3 is 2.87 bits per heavy atom. The lowest BCUT2D eigenvalue weighted by molar-refractivity contribution is 0.307. The van der Waals surface area contributed by atoms with Gasteiger partial charge in [0, 0.05) is 4.47 Å². The lowest BCUT2D eigenvalue weighted by atomic mass is 10.2. The summed E-state index contributed by atoms with van der Waals surface area (Å²) in [5.41, 5.74) is 0. The molecule has 1 nitrogen and oxygen atoms in total. The molecule has 1 aromatic rings. The SMILES string of the molecule is C=CCCCCOc1ccc(Br)c(Cl)c1. The van der Waals surface area contributed by atoms with Crippen LogP contribution >= 0.6 is 27.5 Å². The first-order valence-corrected chi connectivity index (χ1v) is 6.10. The number of benzene rings is 1. The molecule has 0 N–H and O–H groups in total. The van der Waals surface area contributed by atoms with E-state index in [-0.39, 0.29) is 0 Å². The van der Waals surface area contributed by atoms with Gasteiger partial charge in [0.05, 0.1) is 11.6 Å². The van der Waals surface area contributed by atoms with Gasteiger partial charge in [0.2, 0.25) is 0 Å². The molecular formula is C12H14BrClO. The topological polar surface area (TPSA) is 9.23 Å². The molecule has 0 aromatic heterocycles. The molecule has 1 rings (SSSR count). The van der Waals surface area contributed by atoms with Crippen LogP contribution in [0.5, 0.6) is 5.75 Å². The van der Waals surface area contributed by atoms with Crippen molar-refractivity contribution in [1.82, 2.24) is 0 Å². The molecule has 15 heavy (non-hydrogen) atoms. The van der Waals surface area contributed by atoms with Crippen molar-refractivity contribution in [3.05, 3.63) is 40.3 Å². The van der Waals surface area contributed by atoms with E-state index in [1.165, 1.54) is 0 Å². The van der Waals surface area contributed by atoms with Crippen molar-refractivity contribution >= 4 is 27.5 Å². The van der Waals surface area contributed by atoms with Gasteiger partial charge in [-0.2, -0.15) is 0 Å². The molecule has 0 bridgehead atoms. The first-order chi connectivity index (χ1) is 7.24. The maximum Gasteiger partial charge on any atom is 0.120 e. The highest BCUT2D eigenvalue weighted by atomic mass is 79.9. The summed E-state index contributed by atoms with van der Waals surface area (Å²) in [6.07, 6.45) is 5.13. The Hall–Kier alpha value is -0.470. The van der Waals surface area contributed by atoms with E-state index in [0.717, 1.165) is 36.1 Å². The Bertz CT molecular complexity index is 325. The van der Waals surface area contributed by atoms with Crippen LogP contribution in [0.4, 0.5) is 0 Å². The van der Waals surface area contributed by atoms with Gasteiger partial charge < -0.3 is 4.74 Å². The Morgan fingerprint density at radius 2 is 2.20 bits per heavy atom. The molecule has 0 unspecified atom stereocenters. The second-order valence-corrected chi connectivity index (χ2v) is 4.47. The highest BCUT2D eigenvalue weighted by Crippen LogP contribution is 2.26. The average molecular weight is 290 g/mol. The molecule has 0 radical (unpaired) electrons. The first kappa shape index (κ1) is 12.6. The van der Waals surface area contributed by atoms with Crippen LogP contribution in [0.2, 0.25) is 5.02 Å². The molecular weight excluding hydrogens is 275 g/mol. The second-order valence-electron chi connectivity index (χ2n) is 3.21. The van der Waals surface area contributed by atoms with Gasteiger partial charge in [-0.1, -0.05) is 17.7 Å². The Kier molecular flexibility index (Phi) is 5.81. The van der Waals surface area contributed by atoms with Crippen molar-refractivity contribution in [3.8, 4) is 5.75 Å². The fourth-order valence-electron chi connectivity index (χ4n) is 1.15. The van der Waals surface area contributed by atoms with Gasteiger partial charge in [-0.3, -0.25) is 0 Å². The lowest BCUT2D eigenvalue weighted by Gasteiger charge is -2.06. The van der Waals surface area contributed by atoms with Gasteiger partial charge in [-0.05, 0) is 53.4 Å². The molecule has 0 aliphatic heterocycles. The number of hydrogen-bond acceptors (Lipinski definition) is 1. The zero-order chi connectivity index (χ0) is 11.1. The minimum Gasteiger partial charge on any atom is -0.494 e. The van der Waals surface area contributed by atoms with Gasteiger partial charge in [-0.15, -0.1) is 6.58 Å². The van der Waals surface area contributed by atoms with E-state index in [1.54, 1.807) is 0 Å². The van der Waals surface area contributed by atoms with Gasteiger partial charge in [0.25, 0.3) is 0 Å². The summed E-state index contributed by atoms with van der Waals surface area (Å²) < 4.78 is 6.44. The van der Waals surface area contributed by atoms with Crippen molar-refractivity contribution < 1.29 is 4.74 Å². The number of halogens is 2. The Morgan fingerprint density at radius 1 is 1.40 bits per heavy atom. The molecule has 0 aliphatic rings. The lowest BCUT2D eigenvalue weighted by Crippen LogP contribution is -1.96. The number of allylic oxidation sites excluding steroid dienone is 1. The predicted molar refractivity (Wildman–Crippen MR) is 68.7 cm³/mol. The summed E-state index contributed by atoms with van der Waals surface area (Å²) >= 11 is 9.27. The van der Waals surface area contributed by atoms with Crippen LogP contribution in [0.1, 0.15) is 19.3 Å². The quantitative estimate of drug-likeness (QED) is 0.538. The fourth-order valence-corrected chi connectivity index (χ4v) is 1.56. The van der Waals surface area contributed by atoms with E-state index < -0.39 is 0 Å². The molecule has 82 valence electrons. The van der Waals surface area contributed by atoms with E-state index in [9.17, 15) is 0 Å². The highest BCUT2D eigenvalue weighted by Gasteiger charge is 1.99. The van der Waals surface area contributed by atoms with E-state index in [4.69, 9.17) is 16.3 Å². The molecule has 0 aliphatic carbocycles. The molecule has 0 saturated carbocycles. The van der Waals surface area contributed by atoms with Gasteiger partial charge in [0.1, 0.15) is 5.75 Å². The van der Waals surface area contributed by atoms with Crippen molar-refractivity contribution in [2.24, 2.45) is 0 Å². The van der Waals surface area contributed by atoms with E-state index in [0.29, 0.717) is 5.02 Å². The standard InChI is InChI=1S/C12H14BrClO/c1-2-3-4-5-8-15-10-6-7-11(13)12(14)9-10/h2,6-7,9H,1,3-5,8H2. The Labute approximate surface area is 104 Å². The Balaban J connectivity index is 2.31. The van der Waals surface area contributed by atoms with Crippen molar-refractivity contribution in [2.75, 3.05) is 6.61 Å². The van der Waals surface area contributed by atoms with Crippen LogP contribution in [0, 0.1) is 0 Å². The van der Waals surface area contributed by atoms with Gasteiger partial charge in [0.15, 0.2) is 0 Å². The zero-order valence-electron chi connectivity index (χ0n) is 8.51. The second kappa shape index (κ2) is 6.91. The monoisotopic (exact) mass is 288 g/mol. The van der Waals surface area contributed by atoms with Crippen LogP contribution in [0.25, 0.3) is 0 Å². The molecule has 3 heteroatoms. The van der Waals surface area contributed by atoms with Gasteiger partial charge in [-0.25, -0.2) is 0 Å². The van der Waals surface area contributed by atoms with E-state index in [2.05, 4.69) is 22.5 Å². The third-order valence-electron chi connectivity index (χ3n) is 1.96. The predicted octanol–water partition coefficient (Wildman–Crippen LogP) is 4.84. The summed E-state index contributed by atoms with van der Waals surface area (Å²) in [4.78, 5) is 0.